The highest BCUT2D eigenvalue weighted by Crippen LogP contribution is 2.03. The minimum atomic E-state index is -1.44. The molecule has 0 bridgehead atoms. The third kappa shape index (κ3) is 7.17. The molecule has 8 heteroatoms. The van der Waals surface area contributed by atoms with Crippen LogP contribution in [0, 0.1) is 0 Å². The smallest absolute Gasteiger partial charge is 0.326 e. The van der Waals surface area contributed by atoms with Crippen LogP contribution in [-0.2, 0) is 14.3 Å². The van der Waals surface area contributed by atoms with Gasteiger partial charge in [0, 0.05) is 0 Å². The lowest BCUT2D eigenvalue weighted by Gasteiger charge is -2.18. The van der Waals surface area contributed by atoms with Crippen molar-refractivity contribution in [1.29, 1.82) is 0 Å². The maximum Gasteiger partial charge on any atom is 0.326 e. The van der Waals surface area contributed by atoms with Crippen LogP contribution in [0.25, 0.3) is 0 Å². The molecule has 0 aliphatic heterocycles. The van der Waals surface area contributed by atoms with Crippen LogP contribution in [-0.4, -0.2) is 58.7 Å². The van der Waals surface area contributed by atoms with Gasteiger partial charge in [0.2, 0.25) is 0 Å². The molecule has 0 saturated carbocycles. The number of carboxylic acid groups (broad SMARTS) is 1. The summed E-state index contributed by atoms with van der Waals surface area (Å²) in [7, 11) is 0. The molecular formula is C10H22N2O6. The van der Waals surface area contributed by atoms with Crippen LogP contribution < -0.4 is 11.5 Å². The van der Waals surface area contributed by atoms with Gasteiger partial charge < -0.3 is 31.5 Å². The fourth-order valence-corrected chi connectivity index (χ4v) is 0.654. The lowest BCUT2D eigenvalue weighted by molar-refractivity contribution is -0.146. The Morgan fingerprint density at radius 2 is 1.83 bits per heavy atom. The molecule has 18 heavy (non-hydrogen) atoms. The normalized spacial score (nSPS) is 14.8. The van der Waals surface area contributed by atoms with Crippen LogP contribution in [0.4, 0.5) is 0 Å². The Morgan fingerprint density at radius 1 is 1.33 bits per heavy atom. The first-order valence-electron chi connectivity index (χ1n) is 5.45. The number of carbonyl (C=O) groups is 2. The van der Waals surface area contributed by atoms with E-state index in [0.29, 0.717) is 6.61 Å². The number of rotatable bonds is 6. The van der Waals surface area contributed by atoms with Crippen LogP contribution >= 0.6 is 0 Å². The highest BCUT2D eigenvalue weighted by molar-refractivity contribution is 5.78. The number of hydrogen-bond acceptors (Lipinski definition) is 7. The molecule has 0 aromatic rings. The highest BCUT2D eigenvalue weighted by atomic mass is 16.5. The fraction of sp³-hybridized carbons (Fsp3) is 0.800. The van der Waals surface area contributed by atoms with Gasteiger partial charge in [-0.1, -0.05) is 6.92 Å². The number of aliphatic carboxylic acids is 1. The van der Waals surface area contributed by atoms with E-state index in [2.05, 4.69) is 4.74 Å². The molecule has 0 saturated heterocycles. The third-order valence-electron chi connectivity index (χ3n) is 2.13. The molecule has 0 aliphatic carbocycles. The van der Waals surface area contributed by atoms with Gasteiger partial charge in [-0.15, -0.1) is 0 Å². The van der Waals surface area contributed by atoms with E-state index in [1.165, 1.54) is 0 Å². The molecule has 0 amide bonds. The Balaban J connectivity index is 0. The van der Waals surface area contributed by atoms with Crippen molar-refractivity contribution in [1.82, 2.24) is 0 Å². The van der Waals surface area contributed by atoms with E-state index < -0.39 is 30.1 Å². The Labute approximate surface area is 106 Å². The molecule has 0 radical (unpaired) electrons. The topological polar surface area (TPSA) is 156 Å². The molecule has 0 aliphatic rings. The van der Waals surface area contributed by atoms with Crippen molar-refractivity contribution in [2.75, 3.05) is 19.8 Å². The van der Waals surface area contributed by atoms with Gasteiger partial charge in [0.25, 0.3) is 0 Å². The average molecular weight is 266 g/mol. The fourth-order valence-electron chi connectivity index (χ4n) is 0.654. The van der Waals surface area contributed by atoms with Crippen molar-refractivity contribution in [3.8, 4) is 0 Å². The third-order valence-corrected chi connectivity index (χ3v) is 2.13. The first-order chi connectivity index (χ1) is 8.28. The summed E-state index contributed by atoms with van der Waals surface area (Å²) in [4.78, 5) is 20.7. The molecule has 8 nitrogen and oxygen atoms in total. The summed E-state index contributed by atoms with van der Waals surface area (Å²) in [6.07, 6.45) is 0.235. The van der Waals surface area contributed by atoms with Gasteiger partial charge >= 0.3 is 11.9 Å². The molecule has 0 aromatic carbocycles. The van der Waals surface area contributed by atoms with Gasteiger partial charge in [-0.2, -0.15) is 0 Å². The number of carboxylic acids is 1. The summed E-state index contributed by atoms with van der Waals surface area (Å²) in [6, 6.07) is -0.884. The summed E-state index contributed by atoms with van der Waals surface area (Å²) in [6.45, 7) is 2.72. The standard InChI is InChI=1S/2C5H11NO3/c1-2-5(6,3-7)4(8)9;1-2-9-5(8)4(6)3-7/h7H,2-3,6H2,1H3,(H,8,9);4,7H,2-3,6H2,1H3/t5-;4-/m11/s1. The molecule has 0 unspecified atom stereocenters. The second-order valence-corrected chi connectivity index (χ2v) is 3.51. The van der Waals surface area contributed by atoms with Crippen LogP contribution in [0.15, 0.2) is 0 Å². The number of aliphatic hydroxyl groups excluding tert-OH is 2. The van der Waals surface area contributed by atoms with Crippen LogP contribution in [0.1, 0.15) is 20.3 Å². The predicted octanol–water partition coefficient (Wildman–Crippen LogP) is -1.96. The van der Waals surface area contributed by atoms with Crippen molar-refractivity contribution in [3.05, 3.63) is 0 Å². The first kappa shape index (κ1) is 19.1. The lowest BCUT2D eigenvalue weighted by atomic mass is 10.00. The zero-order valence-corrected chi connectivity index (χ0v) is 10.6. The highest BCUT2D eigenvalue weighted by Gasteiger charge is 2.30. The monoisotopic (exact) mass is 266 g/mol. The molecule has 0 aromatic heterocycles. The van der Waals surface area contributed by atoms with Gasteiger partial charge in [0.1, 0.15) is 11.6 Å². The molecule has 0 spiro atoms. The number of hydrogen-bond donors (Lipinski definition) is 5. The van der Waals surface area contributed by atoms with E-state index in [0.717, 1.165) is 0 Å². The zero-order valence-electron chi connectivity index (χ0n) is 10.6. The van der Waals surface area contributed by atoms with E-state index in [1.807, 2.05) is 0 Å². The Bertz CT molecular complexity index is 253. The lowest BCUT2D eigenvalue weighted by Crippen LogP contribution is -2.50. The Morgan fingerprint density at radius 3 is 2.00 bits per heavy atom. The number of nitrogens with two attached hydrogens (primary N) is 2. The van der Waals surface area contributed by atoms with E-state index in [9.17, 15) is 9.59 Å². The number of carbonyl (C=O) groups excluding carboxylic acids is 1. The van der Waals surface area contributed by atoms with Crippen LogP contribution in [0.5, 0.6) is 0 Å². The second-order valence-electron chi connectivity index (χ2n) is 3.51. The van der Waals surface area contributed by atoms with Gasteiger partial charge in [-0.3, -0.25) is 9.59 Å². The molecule has 0 rings (SSSR count). The van der Waals surface area contributed by atoms with Gasteiger partial charge in [-0.25, -0.2) is 0 Å². The van der Waals surface area contributed by atoms with Crippen molar-refractivity contribution in [3.63, 3.8) is 0 Å². The Kier molecular flexibility index (Phi) is 10.4. The molecule has 7 N–H and O–H groups in total. The largest absolute Gasteiger partial charge is 0.480 e. The maximum atomic E-state index is 10.5. The van der Waals surface area contributed by atoms with E-state index in [1.54, 1.807) is 13.8 Å². The molecule has 0 heterocycles. The minimum Gasteiger partial charge on any atom is -0.480 e. The van der Waals surface area contributed by atoms with Gasteiger partial charge in [0.15, 0.2) is 0 Å². The van der Waals surface area contributed by atoms with E-state index in [4.69, 9.17) is 26.8 Å². The first-order valence-corrected chi connectivity index (χ1v) is 5.45. The summed E-state index contributed by atoms with van der Waals surface area (Å²) < 4.78 is 4.47. The molecule has 108 valence electrons. The second kappa shape index (κ2) is 9.77. The summed E-state index contributed by atoms with van der Waals surface area (Å²) in [5.74, 6) is -1.72. The minimum absolute atomic E-state index is 0.235. The van der Waals surface area contributed by atoms with E-state index in [-0.39, 0.29) is 13.0 Å². The summed E-state index contributed by atoms with van der Waals surface area (Å²) in [5.41, 5.74) is 8.82. The SMILES string of the molecule is CCOC(=O)[C@H](N)CO.CC[C@@](N)(CO)C(=O)O. The molecular weight excluding hydrogens is 244 g/mol. The summed E-state index contributed by atoms with van der Waals surface area (Å²) >= 11 is 0. The van der Waals surface area contributed by atoms with Crippen LogP contribution in [0.3, 0.4) is 0 Å². The Hall–Kier alpha value is -1.22. The quantitative estimate of drug-likeness (QED) is 0.347. The average Bonchev–Trinajstić information content (AvgIpc) is 2.37. The van der Waals surface area contributed by atoms with Gasteiger partial charge in [0.05, 0.1) is 19.8 Å². The van der Waals surface area contributed by atoms with Crippen molar-refractivity contribution in [2.45, 2.75) is 31.8 Å². The number of aliphatic hydroxyl groups is 2. The number of esters is 1. The zero-order chi connectivity index (χ0) is 14.8. The van der Waals surface area contributed by atoms with E-state index >= 15 is 0 Å². The van der Waals surface area contributed by atoms with Gasteiger partial charge in [-0.05, 0) is 13.3 Å². The van der Waals surface area contributed by atoms with Crippen LogP contribution in [0.2, 0.25) is 0 Å². The van der Waals surface area contributed by atoms with Crippen molar-refractivity contribution >= 4 is 11.9 Å². The number of ether oxygens (including phenoxy) is 1. The summed E-state index contributed by atoms with van der Waals surface area (Å²) in [5, 5.41) is 25.1. The predicted molar refractivity (Wildman–Crippen MR) is 63.6 cm³/mol. The van der Waals surface area contributed by atoms with Crippen molar-refractivity contribution in [2.24, 2.45) is 11.5 Å². The maximum absolute atomic E-state index is 10.5. The molecule has 0 fully saturated rings. The van der Waals surface area contributed by atoms with Crippen molar-refractivity contribution < 1.29 is 29.6 Å². The molecule has 2 atom stereocenters.